The van der Waals surface area contributed by atoms with Crippen LogP contribution in [0.15, 0.2) is 36.4 Å². The zero-order valence-corrected chi connectivity index (χ0v) is 16.4. The van der Waals surface area contributed by atoms with Gasteiger partial charge in [0.25, 0.3) is 5.91 Å². The Labute approximate surface area is 165 Å². The molecule has 1 fully saturated rings. The van der Waals surface area contributed by atoms with Crippen LogP contribution in [-0.4, -0.2) is 42.8 Å². The lowest BCUT2D eigenvalue weighted by atomic mass is 9.77. The van der Waals surface area contributed by atoms with Gasteiger partial charge in [-0.25, -0.2) is 4.98 Å². The van der Waals surface area contributed by atoms with Gasteiger partial charge < -0.3 is 19.1 Å². The van der Waals surface area contributed by atoms with Gasteiger partial charge in [-0.05, 0) is 54.5 Å². The van der Waals surface area contributed by atoms with Crippen molar-refractivity contribution in [3.05, 3.63) is 53.3 Å². The fourth-order valence-electron chi connectivity index (χ4n) is 4.17. The zero-order chi connectivity index (χ0) is 19.6. The standard InChI is InChI=1S/C22H26N2O4/c1-22(12-16-7-8-19-20(11-16)28-15-27-19)9-4-10-24(14-22)21(25)18-6-3-5-17(23-18)13-26-2/h3,5-8,11H,4,9-10,12-15H2,1-2H3/t22-/m0/s1. The van der Waals surface area contributed by atoms with E-state index in [2.05, 4.69) is 24.0 Å². The second-order valence-electron chi connectivity index (χ2n) is 7.95. The lowest BCUT2D eigenvalue weighted by Crippen LogP contribution is -2.46. The molecule has 1 amide bonds. The van der Waals surface area contributed by atoms with E-state index >= 15 is 0 Å². The van der Waals surface area contributed by atoms with Crippen molar-refractivity contribution in [1.29, 1.82) is 0 Å². The van der Waals surface area contributed by atoms with Crippen molar-refractivity contribution in [2.75, 3.05) is 27.0 Å². The molecule has 0 unspecified atom stereocenters. The van der Waals surface area contributed by atoms with Crippen LogP contribution in [0.3, 0.4) is 0 Å². The molecule has 3 heterocycles. The molecule has 0 saturated carbocycles. The van der Waals surface area contributed by atoms with E-state index in [0.29, 0.717) is 12.3 Å². The number of rotatable bonds is 5. The normalized spacial score (nSPS) is 21.0. The SMILES string of the molecule is COCc1cccc(C(=O)N2CCC[C@@](C)(Cc3ccc4c(c3)OCO4)C2)n1. The van der Waals surface area contributed by atoms with Crippen LogP contribution in [0.25, 0.3) is 0 Å². The number of ether oxygens (including phenoxy) is 3. The number of aromatic nitrogens is 1. The third-order valence-electron chi connectivity index (χ3n) is 5.45. The Morgan fingerprint density at radius 1 is 1.25 bits per heavy atom. The smallest absolute Gasteiger partial charge is 0.272 e. The maximum absolute atomic E-state index is 13.0. The number of fused-ring (bicyclic) bond motifs is 1. The Balaban J connectivity index is 1.47. The number of likely N-dealkylation sites (tertiary alicyclic amines) is 1. The number of hydrogen-bond acceptors (Lipinski definition) is 5. The summed E-state index contributed by atoms with van der Waals surface area (Å²) >= 11 is 0. The first-order valence-electron chi connectivity index (χ1n) is 9.69. The molecule has 148 valence electrons. The molecule has 0 aliphatic carbocycles. The number of benzene rings is 1. The molecule has 0 spiro atoms. The molecule has 0 bridgehead atoms. The molecule has 0 radical (unpaired) electrons. The van der Waals surface area contributed by atoms with Crippen molar-refractivity contribution in [3.63, 3.8) is 0 Å². The number of nitrogens with zero attached hydrogens (tertiary/aromatic N) is 2. The summed E-state index contributed by atoms with van der Waals surface area (Å²) in [5, 5.41) is 0. The van der Waals surface area contributed by atoms with Gasteiger partial charge >= 0.3 is 0 Å². The summed E-state index contributed by atoms with van der Waals surface area (Å²) in [4.78, 5) is 19.4. The minimum atomic E-state index is -0.00503. The van der Waals surface area contributed by atoms with Crippen molar-refractivity contribution in [2.24, 2.45) is 5.41 Å². The fraction of sp³-hybridized carbons (Fsp3) is 0.455. The zero-order valence-electron chi connectivity index (χ0n) is 16.4. The highest BCUT2D eigenvalue weighted by atomic mass is 16.7. The van der Waals surface area contributed by atoms with Crippen LogP contribution in [0.4, 0.5) is 0 Å². The average molecular weight is 382 g/mol. The molecule has 2 aliphatic rings. The molecule has 1 aromatic heterocycles. The summed E-state index contributed by atoms with van der Waals surface area (Å²) in [7, 11) is 1.63. The molecule has 28 heavy (non-hydrogen) atoms. The first-order chi connectivity index (χ1) is 13.6. The van der Waals surface area contributed by atoms with Crippen LogP contribution in [0, 0.1) is 5.41 Å². The van der Waals surface area contributed by atoms with Gasteiger partial charge in [-0.15, -0.1) is 0 Å². The first-order valence-corrected chi connectivity index (χ1v) is 9.69. The Morgan fingerprint density at radius 2 is 2.11 bits per heavy atom. The summed E-state index contributed by atoms with van der Waals surface area (Å²) in [5.74, 6) is 1.61. The second-order valence-corrected chi connectivity index (χ2v) is 7.95. The van der Waals surface area contributed by atoms with Crippen molar-refractivity contribution >= 4 is 5.91 Å². The summed E-state index contributed by atoms with van der Waals surface area (Å²) in [6, 6.07) is 11.6. The predicted molar refractivity (Wildman–Crippen MR) is 104 cm³/mol. The lowest BCUT2D eigenvalue weighted by molar-refractivity contribution is 0.0544. The topological polar surface area (TPSA) is 60.9 Å². The van der Waals surface area contributed by atoms with E-state index in [1.165, 1.54) is 5.56 Å². The summed E-state index contributed by atoms with van der Waals surface area (Å²) in [6.45, 7) is 4.43. The Hall–Kier alpha value is -2.60. The number of amides is 1. The van der Waals surface area contributed by atoms with Crippen molar-refractivity contribution in [1.82, 2.24) is 9.88 Å². The maximum Gasteiger partial charge on any atom is 0.272 e. The van der Waals surface area contributed by atoms with Crippen LogP contribution in [-0.2, 0) is 17.8 Å². The molecular weight excluding hydrogens is 356 g/mol. The number of hydrogen-bond donors (Lipinski definition) is 0. The fourth-order valence-corrected chi connectivity index (χ4v) is 4.17. The molecule has 6 heteroatoms. The molecule has 2 aromatic rings. The lowest BCUT2D eigenvalue weighted by Gasteiger charge is -2.40. The van der Waals surface area contributed by atoms with Crippen LogP contribution in [0.5, 0.6) is 11.5 Å². The van der Waals surface area contributed by atoms with Gasteiger partial charge in [-0.1, -0.05) is 19.1 Å². The van der Waals surface area contributed by atoms with Gasteiger partial charge in [-0.3, -0.25) is 4.79 Å². The number of pyridine rings is 1. The molecule has 1 aromatic carbocycles. The Morgan fingerprint density at radius 3 is 2.96 bits per heavy atom. The van der Waals surface area contributed by atoms with Gasteiger partial charge in [-0.2, -0.15) is 0 Å². The maximum atomic E-state index is 13.0. The van der Waals surface area contributed by atoms with Gasteiger partial charge in [0.1, 0.15) is 5.69 Å². The van der Waals surface area contributed by atoms with E-state index in [-0.39, 0.29) is 18.1 Å². The first kappa shape index (κ1) is 18.7. The molecule has 6 nitrogen and oxygen atoms in total. The van der Waals surface area contributed by atoms with Crippen molar-refractivity contribution < 1.29 is 19.0 Å². The van der Waals surface area contributed by atoms with E-state index in [4.69, 9.17) is 14.2 Å². The van der Waals surface area contributed by atoms with Crippen LogP contribution in [0.1, 0.15) is 41.5 Å². The average Bonchev–Trinajstić information content (AvgIpc) is 3.15. The van der Waals surface area contributed by atoms with Crippen LogP contribution >= 0.6 is 0 Å². The highest BCUT2D eigenvalue weighted by Gasteiger charge is 2.34. The minimum Gasteiger partial charge on any atom is -0.454 e. The summed E-state index contributed by atoms with van der Waals surface area (Å²) in [6.07, 6.45) is 2.97. The number of piperidine rings is 1. The summed E-state index contributed by atoms with van der Waals surface area (Å²) < 4.78 is 16.0. The van der Waals surface area contributed by atoms with E-state index in [0.717, 1.165) is 49.5 Å². The van der Waals surface area contributed by atoms with Gasteiger partial charge in [0.05, 0.1) is 12.3 Å². The van der Waals surface area contributed by atoms with E-state index < -0.39 is 0 Å². The van der Waals surface area contributed by atoms with Gasteiger partial charge in [0, 0.05) is 20.2 Å². The van der Waals surface area contributed by atoms with Gasteiger partial charge in [0.15, 0.2) is 11.5 Å². The summed E-state index contributed by atoms with van der Waals surface area (Å²) in [5.41, 5.74) is 2.49. The van der Waals surface area contributed by atoms with E-state index in [9.17, 15) is 4.79 Å². The molecule has 1 saturated heterocycles. The quantitative estimate of drug-likeness (QED) is 0.793. The molecule has 4 rings (SSSR count). The van der Waals surface area contributed by atoms with Gasteiger partial charge in [0.2, 0.25) is 6.79 Å². The Kier molecular flexibility index (Phi) is 5.22. The minimum absolute atomic E-state index is 0.00503. The molecular formula is C22H26N2O4. The highest BCUT2D eigenvalue weighted by Crippen LogP contribution is 2.37. The predicted octanol–water partition coefficient (Wildman–Crippen LogP) is 3.44. The molecule has 1 atom stereocenters. The third kappa shape index (κ3) is 3.97. The monoisotopic (exact) mass is 382 g/mol. The van der Waals surface area contributed by atoms with Crippen LogP contribution in [0.2, 0.25) is 0 Å². The van der Waals surface area contributed by atoms with E-state index in [1.807, 2.05) is 23.1 Å². The van der Waals surface area contributed by atoms with Crippen molar-refractivity contribution in [2.45, 2.75) is 32.8 Å². The highest BCUT2D eigenvalue weighted by molar-refractivity contribution is 5.92. The van der Waals surface area contributed by atoms with Crippen molar-refractivity contribution in [3.8, 4) is 11.5 Å². The number of methoxy groups -OCH3 is 1. The number of carbonyl (C=O) groups excluding carboxylic acids is 1. The van der Waals surface area contributed by atoms with Crippen LogP contribution < -0.4 is 9.47 Å². The third-order valence-corrected chi connectivity index (χ3v) is 5.45. The molecule has 0 N–H and O–H groups in total. The largest absolute Gasteiger partial charge is 0.454 e. The Bertz CT molecular complexity index is 869. The number of carbonyl (C=O) groups is 1. The molecule has 2 aliphatic heterocycles. The second kappa shape index (κ2) is 7.80. The van der Waals surface area contributed by atoms with E-state index in [1.54, 1.807) is 13.2 Å².